The fraction of sp³-hybridized carbons (Fsp3) is 0.538. The van der Waals surface area contributed by atoms with Crippen LogP contribution in [0, 0.1) is 0 Å². The second-order valence-electron chi connectivity index (χ2n) is 4.65. The molecule has 1 amide bonds. The Morgan fingerprint density at radius 3 is 3.11 bits per heavy atom. The van der Waals surface area contributed by atoms with Crippen LogP contribution in [0.3, 0.4) is 0 Å². The number of aromatic nitrogens is 1. The summed E-state index contributed by atoms with van der Waals surface area (Å²) in [6, 6.07) is 1.60. The number of amides is 1. The van der Waals surface area contributed by atoms with Crippen molar-refractivity contribution in [2.75, 3.05) is 26.7 Å². The van der Waals surface area contributed by atoms with E-state index in [9.17, 15) is 4.79 Å². The van der Waals surface area contributed by atoms with Crippen molar-refractivity contribution < 1.29 is 9.53 Å². The Balaban J connectivity index is 2.04. The third-order valence-corrected chi connectivity index (χ3v) is 3.46. The van der Waals surface area contributed by atoms with Crippen LogP contribution in [0.2, 0.25) is 5.02 Å². The third kappa shape index (κ3) is 3.43. The summed E-state index contributed by atoms with van der Waals surface area (Å²) in [6.07, 6.45) is 3.05. The van der Waals surface area contributed by atoms with Gasteiger partial charge in [-0.1, -0.05) is 11.6 Å². The highest BCUT2D eigenvalue weighted by Crippen LogP contribution is 2.16. The molecule has 104 valence electrons. The standard InChI is InChI=1S/C13H18ClN3O2/c1-3-19-12-8-17(2)7-11(12)16-13(18)9-4-5-15-6-10(9)14/h4-6,11-12H,3,7-8H2,1-2H3,(H,16,18)/t11-,12-/m0/s1. The van der Waals surface area contributed by atoms with Gasteiger partial charge in [0.2, 0.25) is 0 Å². The number of hydrogen-bond acceptors (Lipinski definition) is 4. The minimum atomic E-state index is -0.183. The minimum Gasteiger partial charge on any atom is -0.375 e. The third-order valence-electron chi connectivity index (χ3n) is 3.16. The van der Waals surface area contributed by atoms with Gasteiger partial charge < -0.3 is 15.0 Å². The van der Waals surface area contributed by atoms with E-state index in [0.717, 1.165) is 13.1 Å². The highest BCUT2D eigenvalue weighted by atomic mass is 35.5. The number of carbonyl (C=O) groups is 1. The van der Waals surface area contributed by atoms with Crippen molar-refractivity contribution in [3.8, 4) is 0 Å². The van der Waals surface area contributed by atoms with E-state index in [1.807, 2.05) is 14.0 Å². The first-order valence-corrected chi connectivity index (χ1v) is 6.70. The van der Waals surface area contributed by atoms with E-state index in [1.165, 1.54) is 6.20 Å². The monoisotopic (exact) mass is 283 g/mol. The molecule has 19 heavy (non-hydrogen) atoms. The lowest BCUT2D eigenvalue weighted by Crippen LogP contribution is -2.44. The molecule has 2 rings (SSSR count). The van der Waals surface area contributed by atoms with Crippen LogP contribution in [0.15, 0.2) is 18.5 Å². The fourth-order valence-corrected chi connectivity index (χ4v) is 2.49. The maximum atomic E-state index is 12.2. The van der Waals surface area contributed by atoms with Gasteiger partial charge in [-0.25, -0.2) is 0 Å². The van der Waals surface area contributed by atoms with Crippen molar-refractivity contribution in [3.63, 3.8) is 0 Å². The Morgan fingerprint density at radius 1 is 1.63 bits per heavy atom. The van der Waals surface area contributed by atoms with E-state index >= 15 is 0 Å². The first-order chi connectivity index (χ1) is 9.11. The van der Waals surface area contributed by atoms with Gasteiger partial charge in [0.25, 0.3) is 5.91 Å². The van der Waals surface area contributed by atoms with Crippen molar-refractivity contribution in [2.45, 2.75) is 19.1 Å². The van der Waals surface area contributed by atoms with Crippen LogP contribution in [0.4, 0.5) is 0 Å². The molecule has 1 fully saturated rings. The van der Waals surface area contributed by atoms with Crippen LogP contribution in [-0.2, 0) is 4.74 Å². The highest BCUT2D eigenvalue weighted by molar-refractivity contribution is 6.33. The molecule has 1 aliphatic heterocycles. The average Bonchev–Trinajstić information content (AvgIpc) is 2.70. The Labute approximate surface area is 117 Å². The first kappa shape index (κ1) is 14.2. The van der Waals surface area contributed by atoms with Crippen molar-refractivity contribution >= 4 is 17.5 Å². The zero-order chi connectivity index (χ0) is 13.8. The van der Waals surface area contributed by atoms with Crippen LogP contribution in [0.25, 0.3) is 0 Å². The summed E-state index contributed by atoms with van der Waals surface area (Å²) in [5.74, 6) is -0.183. The van der Waals surface area contributed by atoms with E-state index in [0.29, 0.717) is 17.2 Å². The first-order valence-electron chi connectivity index (χ1n) is 6.32. The molecule has 0 aromatic carbocycles. The summed E-state index contributed by atoms with van der Waals surface area (Å²) in [4.78, 5) is 18.2. The van der Waals surface area contributed by atoms with Gasteiger partial charge in [0.15, 0.2) is 0 Å². The van der Waals surface area contributed by atoms with Crippen LogP contribution in [0.1, 0.15) is 17.3 Å². The van der Waals surface area contributed by atoms with Gasteiger partial charge in [0.1, 0.15) is 0 Å². The number of likely N-dealkylation sites (tertiary alicyclic amines) is 1. The van der Waals surface area contributed by atoms with Gasteiger partial charge in [0.05, 0.1) is 22.7 Å². The Kier molecular flexibility index (Phi) is 4.74. The molecule has 0 aliphatic carbocycles. The largest absolute Gasteiger partial charge is 0.375 e. The molecule has 0 bridgehead atoms. The Hall–Kier alpha value is -1.17. The number of rotatable bonds is 4. The molecule has 1 saturated heterocycles. The molecule has 2 heterocycles. The molecule has 0 unspecified atom stereocenters. The number of hydrogen-bond donors (Lipinski definition) is 1. The summed E-state index contributed by atoms with van der Waals surface area (Å²) in [5.41, 5.74) is 0.446. The number of ether oxygens (including phenoxy) is 1. The maximum Gasteiger partial charge on any atom is 0.253 e. The molecule has 1 aromatic heterocycles. The molecule has 0 radical (unpaired) electrons. The molecule has 0 spiro atoms. The summed E-state index contributed by atoms with van der Waals surface area (Å²) in [5, 5.41) is 3.34. The van der Waals surface area contributed by atoms with Gasteiger partial charge >= 0.3 is 0 Å². The molecular weight excluding hydrogens is 266 g/mol. The molecule has 0 saturated carbocycles. The molecule has 2 atom stereocenters. The van der Waals surface area contributed by atoms with Crippen LogP contribution in [-0.4, -0.2) is 54.7 Å². The summed E-state index contributed by atoms with van der Waals surface area (Å²) < 4.78 is 5.65. The van der Waals surface area contributed by atoms with Crippen molar-refractivity contribution in [1.29, 1.82) is 0 Å². The second-order valence-corrected chi connectivity index (χ2v) is 5.06. The predicted octanol–water partition coefficient (Wildman–Crippen LogP) is 1.18. The topological polar surface area (TPSA) is 54.5 Å². The maximum absolute atomic E-state index is 12.2. The lowest BCUT2D eigenvalue weighted by Gasteiger charge is -2.20. The van der Waals surface area contributed by atoms with E-state index in [1.54, 1.807) is 12.3 Å². The highest BCUT2D eigenvalue weighted by Gasteiger charge is 2.32. The van der Waals surface area contributed by atoms with Crippen LogP contribution >= 0.6 is 11.6 Å². The van der Waals surface area contributed by atoms with Crippen molar-refractivity contribution in [3.05, 3.63) is 29.0 Å². The Bertz CT molecular complexity index is 455. The summed E-state index contributed by atoms with van der Waals surface area (Å²) >= 11 is 5.97. The van der Waals surface area contributed by atoms with Crippen LogP contribution in [0.5, 0.6) is 0 Å². The van der Waals surface area contributed by atoms with E-state index in [4.69, 9.17) is 16.3 Å². The van der Waals surface area contributed by atoms with Gasteiger partial charge in [-0.05, 0) is 20.0 Å². The van der Waals surface area contributed by atoms with Crippen molar-refractivity contribution in [2.24, 2.45) is 0 Å². The number of nitrogens with zero attached hydrogens (tertiary/aromatic N) is 2. The lowest BCUT2D eigenvalue weighted by atomic mass is 10.2. The Morgan fingerprint density at radius 2 is 2.42 bits per heavy atom. The zero-order valence-corrected chi connectivity index (χ0v) is 11.9. The molecule has 1 N–H and O–H groups in total. The predicted molar refractivity (Wildman–Crippen MR) is 73.4 cm³/mol. The number of pyridine rings is 1. The van der Waals surface area contributed by atoms with E-state index < -0.39 is 0 Å². The minimum absolute atomic E-state index is 0.0123. The molecule has 6 heteroatoms. The average molecular weight is 284 g/mol. The van der Waals surface area contributed by atoms with Gasteiger partial charge in [-0.2, -0.15) is 0 Å². The zero-order valence-electron chi connectivity index (χ0n) is 11.1. The molecule has 1 aliphatic rings. The van der Waals surface area contributed by atoms with Crippen molar-refractivity contribution in [1.82, 2.24) is 15.2 Å². The smallest absolute Gasteiger partial charge is 0.253 e. The number of carbonyl (C=O) groups excluding carboxylic acids is 1. The fourth-order valence-electron chi connectivity index (χ4n) is 2.29. The van der Waals surface area contributed by atoms with Gasteiger partial charge in [0, 0.05) is 32.1 Å². The summed E-state index contributed by atoms with van der Waals surface area (Å²) in [7, 11) is 2.01. The second kappa shape index (κ2) is 6.32. The molecular formula is C13H18ClN3O2. The quantitative estimate of drug-likeness (QED) is 0.902. The number of halogens is 1. The molecule has 5 nitrogen and oxygen atoms in total. The molecule has 1 aromatic rings. The number of nitrogens with one attached hydrogen (secondary N) is 1. The lowest BCUT2D eigenvalue weighted by molar-refractivity contribution is 0.0513. The van der Waals surface area contributed by atoms with E-state index in [2.05, 4.69) is 15.2 Å². The van der Waals surface area contributed by atoms with Gasteiger partial charge in [-0.15, -0.1) is 0 Å². The van der Waals surface area contributed by atoms with E-state index in [-0.39, 0.29) is 18.1 Å². The SMILES string of the molecule is CCO[C@H]1CN(C)C[C@@H]1NC(=O)c1ccncc1Cl. The van der Waals surface area contributed by atoms with Gasteiger partial charge in [-0.3, -0.25) is 9.78 Å². The summed E-state index contributed by atoms with van der Waals surface area (Å²) in [6.45, 7) is 4.19. The normalized spacial score (nSPS) is 23.5. The van der Waals surface area contributed by atoms with Crippen LogP contribution < -0.4 is 5.32 Å². The number of likely N-dealkylation sites (N-methyl/N-ethyl adjacent to an activating group) is 1.